The molecule has 1 N–H and O–H groups in total. The van der Waals surface area contributed by atoms with E-state index in [0.717, 1.165) is 5.56 Å². The van der Waals surface area contributed by atoms with E-state index in [1.165, 1.54) is 18.2 Å². The van der Waals surface area contributed by atoms with Gasteiger partial charge in [0, 0.05) is 11.6 Å². The number of nitrogens with one attached hydrogen (secondary N) is 1. The average Bonchev–Trinajstić information content (AvgIpc) is 2.64. The molecule has 0 bridgehead atoms. The lowest BCUT2D eigenvalue weighted by atomic mass is 10.1. The van der Waals surface area contributed by atoms with Gasteiger partial charge in [0.05, 0.1) is 6.61 Å². The Kier molecular flexibility index (Phi) is 7.59. The minimum Gasteiger partial charge on any atom is -0.489 e. The lowest BCUT2D eigenvalue weighted by molar-refractivity contribution is -0.145. The van der Waals surface area contributed by atoms with Crippen molar-refractivity contribution in [3.63, 3.8) is 0 Å². The Hall–Kier alpha value is -3.09. The molecular formula is C22H26FNO5. The van der Waals surface area contributed by atoms with Crippen molar-refractivity contribution in [1.82, 2.24) is 5.32 Å². The number of ether oxygens (including phenoxy) is 3. The molecule has 0 aliphatic carbocycles. The lowest BCUT2D eigenvalue weighted by Gasteiger charge is -2.23. The van der Waals surface area contributed by atoms with Crippen LogP contribution < -0.4 is 10.1 Å². The smallest absolute Gasteiger partial charge is 0.408 e. The largest absolute Gasteiger partial charge is 0.489 e. The molecule has 0 fully saturated rings. The van der Waals surface area contributed by atoms with E-state index in [-0.39, 0.29) is 18.8 Å². The second kappa shape index (κ2) is 9.91. The molecular weight excluding hydrogens is 377 g/mol. The SMILES string of the molecule is CCOC(=O)[C@H](NC(=O)OC(C)(C)C)c1ccc(OCc2ccccc2)cc1F. The molecule has 0 aliphatic heterocycles. The molecule has 0 saturated carbocycles. The molecule has 0 unspecified atom stereocenters. The minimum absolute atomic E-state index is 0.0404. The number of esters is 1. The van der Waals surface area contributed by atoms with Crippen LogP contribution in [0.4, 0.5) is 9.18 Å². The Labute approximate surface area is 170 Å². The number of benzene rings is 2. The van der Waals surface area contributed by atoms with Gasteiger partial charge >= 0.3 is 12.1 Å². The highest BCUT2D eigenvalue weighted by Gasteiger charge is 2.29. The summed E-state index contributed by atoms with van der Waals surface area (Å²) in [5.41, 5.74) is 0.131. The highest BCUT2D eigenvalue weighted by atomic mass is 19.1. The fourth-order valence-corrected chi connectivity index (χ4v) is 2.49. The molecule has 0 heterocycles. The zero-order chi connectivity index (χ0) is 21.4. The highest BCUT2D eigenvalue weighted by molar-refractivity contribution is 5.83. The Morgan fingerprint density at radius 3 is 2.38 bits per heavy atom. The van der Waals surface area contributed by atoms with Gasteiger partial charge in [-0.2, -0.15) is 0 Å². The highest BCUT2D eigenvalue weighted by Crippen LogP contribution is 2.24. The first-order chi connectivity index (χ1) is 13.7. The number of carbonyl (C=O) groups is 2. The molecule has 29 heavy (non-hydrogen) atoms. The van der Waals surface area contributed by atoms with Crippen molar-refractivity contribution in [2.24, 2.45) is 0 Å². The van der Waals surface area contributed by atoms with E-state index in [2.05, 4.69) is 5.32 Å². The van der Waals surface area contributed by atoms with E-state index >= 15 is 0 Å². The van der Waals surface area contributed by atoms with Crippen molar-refractivity contribution in [3.8, 4) is 5.75 Å². The molecule has 2 aromatic carbocycles. The molecule has 156 valence electrons. The summed E-state index contributed by atoms with van der Waals surface area (Å²) in [5, 5.41) is 2.38. The molecule has 0 aromatic heterocycles. The second-order valence-corrected chi connectivity index (χ2v) is 7.29. The van der Waals surface area contributed by atoms with E-state index in [4.69, 9.17) is 14.2 Å². The standard InChI is InChI=1S/C22H26FNO5/c1-5-27-20(25)19(24-21(26)29-22(2,3)4)17-12-11-16(13-18(17)23)28-14-15-9-7-6-8-10-15/h6-13,19H,5,14H2,1-4H3,(H,24,26)/t19-/m1/s1. The maximum atomic E-state index is 14.7. The van der Waals surface area contributed by atoms with Gasteiger partial charge in [-0.1, -0.05) is 30.3 Å². The van der Waals surface area contributed by atoms with Crippen LogP contribution in [0.1, 0.15) is 44.9 Å². The van der Waals surface area contributed by atoms with E-state index < -0.39 is 29.5 Å². The summed E-state index contributed by atoms with van der Waals surface area (Å²) < 4.78 is 30.5. The van der Waals surface area contributed by atoms with Gasteiger partial charge in [0.25, 0.3) is 0 Å². The monoisotopic (exact) mass is 403 g/mol. The molecule has 2 rings (SSSR count). The van der Waals surface area contributed by atoms with Gasteiger partial charge < -0.3 is 19.5 Å². The van der Waals surface area contributed by atoms with Gasteiger partial charge in [-0.3, -0.25) is 0 Å². The molecule has 0 spiro atoms. The van der Waals surface area contributed by atoms with Crippen molar-refractivity contribution in [2.45, 2.75) is 45.9 Å². The van der Waals surface area contributed by atoms with Crippen LogP contribution in [0.5, 0.6) is 5.75 Å². The number of carbonyl (C=O) groups excluding carboxylic acids is 2. The van der Waals surface area contributed by atoms with Gasteiger partial charge in [-0.05, 0) is 45.4 Å². The summed E-state index contributed by atoms with van der Waals surface area (Å²) in [6, 6.07) is 12.2. The van der Waals surface area contributed by atoms with Crippen LogP contribution in [-0.2, 0) is 20.9 Å². The lowest BCUT2D eigenvalue weighted by Crippen LogP contribution is -2.39. The predicted octanol–water partition coefficient (Wildman–Crippen LogP) is 4.53. The third kappa shape index (κ3) is 7.10. The first-order valence-electron chi connectivity index (χ1n) is 9.32. The maximum absolute atomic E-state index is 14.7. The van der Waals surface area contributed by atoms with Crippen LogP contribution in [-0.4, -0.2) is 24.3 Å². The quantitative estimate of drug-likeness (QED) is 0.688. The van der Waals surface area contributed by atoms with Gasteiger partial charge in [-0.15, -0.1) is 0 Å². The van der Waals surface area contributed by atoms with Crippen LogP contribution in [0.25, 0.3) is 0 Å². The van der Waals surface area contributed by atoms with Crippen LogP contribution >= 0.6 is 0 Å². The summed E-state index contributed by atoms with van der Waals surface area (Å²) in [7, 11) is 0. The van der Waals surface area contributed by atoms with Gasteiger partial charge in [0.15, 0.2) is 6.04 Å². The molecule has 0 radical (unpaired) electrons. The summed E-state index contributed by atoms with van der Waals surface area (Å²) >= 11 is 0. The fraction of sp³-hybridized carbons (Fsp3) is 0.364. The van der Waals surface area contributed by atoms with Crippen LogP contribution in [0.15, 0.2) is 48.5 Å². The predicted molar refractivity (Wildman–Crippen MR) is 106 cm³/mol. The number of alkyl carbamates (subject to hydrolysis) is 1. The summed E-state index contributed by atoms with van der Waals surface area (Å²) in [6.07, 6.45) is -0.848. The molecule has 1 amide bonds. The molecule has 1 atom stereocenters. The Morgan fingerprint density at radius 1 is 1.10 bits per heavy atom. The van der Waals surface area contributed by atoms with E-state index in [9.17, 15) is 14.0 Å². The van der Waals surface area contributed by atoms with Crippen molar-refractivity contribution in [1.29, 1.82) is 0 Å². The summed E-state index contributed by atoms with van der Waals surface area (Å²) in [5.74, 6) is -1.19. The Bertz CT molecular complexity index is 833. The van der Waals surface area contributed by atoms with Crippen molar-refractivity contribution in [3.05, 3.63) is 65.5 Å². The van der Waals surface area contributed by atoms with Gasteiger partial charge in [-0.25, -0.2) is 14.0 Å². The van der Waals surface area contributed by atoms with Crippen molar-refractivity contribution >= 4 is 12.1 Å². The fourth-order valence-electron chi connectivity index (χ4n) is 2.49. The molecule has 0 saturated heterocycles. The van der Waals surface area contributed by atoms with Crippen molar-refractivity contribution in [2.75, 3.05) is 6.61 Å². The van der Waals surface area contributed by atoms with Crippen LogP contribution in [0, 0.1) is 5.82 Å². The molecule has 6 nitrogen and oxygen atoms in total. The second-order valence-electron chi connectivity index (χ2n) is 7.29. The third-order valence-electron chi connectivity index (χ3n) is 3.71. The number of hydrogen-bond acceptors (Lipinski definition) is 5. The van der Waals surface area contributed by atoms with Crippen LogP contribution in [0.3, 0.4) is 0 Å². The first-order valence-corrected chi connectivity index (χ1v) is 9.32. The van der Waals surface area contributed by atoms with E-state index in [1.54, 1.807) is 27.7 Å². The van der Waals surface area contributed by atoms with E-state index in [1.807, 2.05) is 30.3 Å². The Balaban J connectivity index is 2.17. The zero-order valence-electron chi connectivity index (χ0n) is 17.0. The summed E-state index contributed by atoms with van der Waals surface area (Å²) in [4.78, 5) is 24.4. The normalized spacial score (nSPS) is 12.0. The number of rotatable bonds is 7. The molecule has 2 aromatic rings. The van der Waals surface area contributed by atoms with Crippen molar-refractivity contribution < 1.29 is 28.2 Å². The molecule has 0 aliphatic rings. The average molecular weight is 403 g/mol. The number of halogens is 1. The number of amides is 1. The Morgan fingerprint density at radius 2 is 1.79 bits per heavy atom. The number of hydrogen-bond donors (Lipinski definition) is 1. The van der Waals surface area contributed by atoms with Gasteiger partial charge in [0.1, 0.15) is 23.8 Å². The van der Waals surface area contributed by atoms with Crippen LogP contribution in [0.2, 0.25) is 0 Å². The maximum Gasteiger partial charge on any atom is 0.408 e. The molecule has 7 heteroatoms. The minimum atomic E-state index is -1.34. The first kappa shape index (κ1) is 22.2. The van der Waals surface area contributed by atoms with Gasteiger partial charge in [0.2, 0.25) is 0 Å². The zero-order valence-corrected chi connectivity index (χ0v) is 17.0. The topological polar surface area (TPSA) is 73.9 Å². The third-order valence-corrected chi connectivity index (χ3v) is 3.71. The summed E-state index contributed by atoms with van der Waals surface area (Å²) in [6.45, 7) is 7.05. The van der Waals surface area contributed by atoms with E-state index in [0.29, 0.717) is 5.75 Å².